The van der Waals surface area contributed by atoms with Gasteiger partial charge in [-0.25, -0.2) is 9.13 Å². The zero-order valence-electron chi connectivity index (χ0n) is 68.0. The fourth-order valence-corrected chi connectivity index (χ4v) is 14.4. The van der Waals surface area contributed by atoms with Crippen LogP contribution in [0.15, 0.2) is 0 Å². The Morgan fingerprint density at radius 1 is 0.272 bits per heavy atom. The van der Waals surface area contributed by atoms with Crippen molar-refractivity contribution in [1.82, 2.24) is 0 Å². The van der Waals surface area contributed by atoms with Crippen LogP contribution in [0.25, 0.3) is 0 Å². The summed E-state index contributed by atoms with van der Waals surface area (Å²) in [6, 6.07) is 0. The summed E-state index contributed by atoms with van der Waals surface area (Å²) in [7, 11) is -9.92. The maximum Gasteiger partial charge on any atom is 0.472 e. The van der Waals surface area contributed by atoms with Crippen LogP contribution in [0.2, 0.25) is 0 Å². The molecule has 0 amide bonds. The molecule has 612 valence electrons. The molecule has 0 aliphatic rings. The highest BCUT2D eigenvalue weighted by molar-refractivity contribution is 7.47. The second-order valence-corrected chi connectivity index (χ2v) is 34.3. The fourth-order valence-electron chi connectivity index (χ4n) is 12.9. The molecule has 0 rings (SSSR count). The molecule has 0 radical (unpaired) electrons. The summed E-state index contributed by atoms with van der Waals surface area (Å²) >= 11 is 0. The highest BCUT2D eigenvalue weighted by Gasteiger charge is 2.30. The Hall–Kier alpha value is -1.94. The van der Waals surface area contributed by atoms with Crippen molar-refractivity contribution in [2.75, 3.05) is 39.6 Å². The number of rotatable bonds is 81. The van der Waals surface area contributed by atoms with Gasteiger partial charge in [0.1, 0.15) is 19.3 Å². The van der Waals surface area contributed by atoms with Crippen LogP contribution in [0.1, 0.15) is 434 Å². The van der Waals surface area contributed by atoms with Gasteiger partial charge in [0, 0.05) is 25.7 Å². The molecule has 0 aromatic rings. The van der Waals surface area contributed by atoms with E-state index in [-0.39, 0.29) is 25.7 Å². The van der Waals surface area contributed by atoms with Crippen molar-refractivity contribution >= 4 is 39.5 Å². The number of aliphatic hydroxyl groups excluding tert-OH is 1. The molecule has 19 heteroatoms. The van der Waals surface area contributed by atoms with Crippen molar-refractivity contribution in [2.24, 2.45) is 23.7 Å². The summed E-state index contributed by atoms with van der Waals surface area (Å²) in [5.74, 6) is 1.03. The van der Waals surface area contributed by atoms with Gasteiger partial charge in [0.15, 0.2) is 12.2 Å². The lowest BCUT2D eigenvalue weighted by atomic mass is 9.99. The number of carbonyl (C=O) groups excluding carboxylic acids is 4. The quantitative estimate of drug-likeness (QED) is 0.0222. The minimum atomic E-state index is -4.97. The zero-order chi connectivity index (χ0) is 76.0. The molecule has 0 bridgehead atoms. The van der Waals surface area contributed by atoms with Gasteiger partial charge in [0.2, 0.25) is 0 Å². The van der Waals surface area contributed by atoms with Gasteiger partial charge < -0.3 is 33.8 Å². The first-order valence-corrected chi connectivity index (χ1v) is 46.3. The van der Waals surface area contributed by atoms with E-state index in [1.165, 1.54) is 231 Å². The van der Waals surface area contributed by atoms with Gasteiger partial charge >= 0.3 is 39.5 Å². The van der Waals surface area contributed by atoms with Crippen LogP contribution in [0, 0.1) is 23.7 Å². The van der Waals surface area contributed by atoms with Gasteiger partial charge in [-0.2, -0.15) is 0 Å². The monoisotopic (exact) mass is 1510 g/mol. The molecule has 0 aromatic heterocycles. The second kappa shape index (κ2) is 72.9. The first kappa shape index (κ1) is 101. The standard InChI is InChI=1S/C84H164O17P2/c1-9-75(6)61-53-45-37-33-29-25-21-17-13-15-19-23-27-31-35-39-50-58-66-83(88)100-79(70-94-81(86)64-56-48-38-34-30-26-22-18-14-12-16-20-24-28-32-36-44-52-60-74(4)5)72-98-102(90,91)96-68-78(85)69-97-103(92,93)99-73-80(101-84(89)67-59-51-43-41-47-55-63-77(8)11-3)71-95-82(87)65-57-49-42-40-46-54-62-76(7)10-2/h74-80,85H,9-73H2,1-8H3,(H,90,91)(H,92,93)/t75?,76?,77?,78-,79-,80-/m1/s1. The number of hydrogen-bond acceptors (Lipinski definition) is 15. The number of hydrogen-bond donors (Lipinski definition) is 3. The molecule has 0 heterocycles. The zero-order valence-corrected chi connectivity index (χ0v) is 69.7. The Morgan fingerprint density at radius 2 is 0.466 bits per heavy atom. The van der Waals surface area contributed by atoms with E-state index in [9.17, 15) is 43.2 Å². The largest absolute Gasteiger partial charge is 0.472 e. The van der Waals surface area contributed by atoms with Gasteiger partial charge in [0.05, 0.1) is 26.4 Å². The molecule has 0 aliphatic carbocycles. The number of phosphoric acid groups is 2. The van der Waals surface area contributed by atoms with Crippen molar-refractivity contribution in [3.8, 4) is 0 Å². The van der Waals surface area contributed by atoms with E-state index in [1.807, 2.05) is 0 Å². The third-order valence-corrected chi connectivity index (χ3v) is 22.6. The average Bonchev–Trinajstić information content (AvgIpc) is 0.909. The topological polar surface area (TPSA) is 237 Å². The fraction of sp³-hybridized carbons (Fsp3) is 0.952. The van der Waals surface area contributed by atoms with Crippen molar-refractivity contribution in [2.45, 2.75) is 453 Å². The Bertz CT molecular complexity index is 2010. The first-order chi connectivity index (χ1) is 49.7. The maximum absolute atomic E-state index is 13.1. The molecule has 0 saturated heterocycles. The lowest BCUT2D eigenvalue weighted by Gasteiger charge is -2.21. The number of phosphoric ester groups is 2. The molecule has 0 aliphatic heterocycles. The van der Waals surface area contributed by atoms with Gasteiger partial charge in [-0.05, 0) is 49.4 Å². The van der Waals surface area contributed by atoms with Crippen LogP contribution in [0.5, 0.6) is 0 Å². The molecular weight excluding hydrogens is 1340 g/mol. The normalized spacial score (nSPS) is 14.8. The molecule has 0 aromatic carbocycles. The van der Waals surface area contributed by atoms with E-state index in [0.717, 1.165) is 120 Å². The smallest absolute Gasteiger partial charge is 0.462 e. The summed E-state index contributed by atoms with van der Waals surface area (Å²) in [6.07, 6.45) is 61.4. The highest BCUT2D eigenvalue weighted by Crippen LogP contribution is 2.45. The van der Waals surface area contributed by atoms with Crippen LogP contribution in [-0.4, -0.2) is 96.7 Å². The van der Waals surface area contributed by atoms with Crippen molar-refractivity contribution in [1.29, 1.82) is 0 Å². The Kier molecular flexibility index (Phi) is 71.5. The van der Waals surface area contributed by atoms with Gasteiger partial charge in [-0.1, -0.05) is 383 Å². The molecule has 0 saturated carbocycles. The van der Waals surface area contributed by atoms with Gasteiger partial charge in [-0.15, -0.1) is 0 Å². The van der Waals surface area contributed by atoms with Crippen LogP contribution in [-0.2, 0) is 65.4 Å². The predicted octanol–water partition coefficient (Wildman–Crippen LogP) is 25.2. The van der Waals surface area contributed by atoms with E-state index < -0.39 is 97.5 Å². The summed E-state index contributed by atoms with van der Waals surface area (Å²) in [6.45, 7) is 14.3. The van der Waals surface area contributed by atoms with E-state index in [2.05, 4.69) is 55.4 Å². The predicted molar refractivity (Wildman–Crippen MR) is 423 cm³/mol. The van der Waals surface area contributed by atoms with E-state index in [4.69, 9.17) is 37.0 Å². The Balaban J connectivity index is 5.18. The van der Waals surface area contributed by atoms with Crippen molar-refractivity contribution in [3.63, 3.8) is 0 Å². The number of aliphatic hydroxyl groups is 1. The van der Waals surface area contributed by atoms with Crippen LogP contribution in [0.4, 0.5) is 0 Å². The molecule has 5 unspecified atom stereocenters. The molecule has 8 atom stereocenters. The highest BCUT2D eigenvalue weighted by atomic mass is 31.2. The van der Waals surface area contributed by atoms with Crippen molar-refractivity contribution in [3.05, 3.63) is 0 Å². The lowest BCUT2D eigenvalue weighted by molar-refractivity contribution is -0.161. The van der Waals surface area contributed by atoms with E-state index in [0.29, 0.717) is 25.7 Å². The molecule has 3 N–H and O–H groups in total. The van der Waals surface area contributed by atoms with Gasteiger partial charge in [-0.3, -0.25) is 37.3 Å². The number of ether oxygens (including phenoxy) is 4. The van der Waals surface area contributed by atoms with Crippen LogP contribution in [0.3, 0.4) is 0 Å². The van der Waals surface area contributed by atoms with E-state index >= 15 is 0 Å². The molecule has 0 spiro atoms. The van der Waals surface area contributed by atoms with Crippen LogP contribution >= 0.6 is 15.6 Å². The molecule has 17 nitrogen and oxygen atoms in total. The van der Waals surface area contributed by atoms with Gasteiger partial charge in [0.25, 0.3) is 0 Å². The summed E-state index contributed by atoms with van der Waals surface area (Å²) < 4.78 is 68.7. The molecule has 103 heavy (non-hydrogen) atoms. The third kappa shape index (κ3) is 74.0. The summed E-state index contributed by atoms with van der Waals surface area (Å²) in [4.78, 5) is 73.0. The minimum absolute atomic E-state index is 0.102. The lowest BCUT2D eigenvalue weighted by Crippen LogP contribution is -2.30. The first-order valence-electron chi connectivity index (χ1n) is 43.3. The maximum atomic E-state index is 13.1. The summed E-state index contributed by atoms with van der Waals surface area (Å²) in [5, 5.41) is 10.6. The molecular formula is C84H164O17P2. The number of esters is 4. The Morgan fingerprint density at radius 3 is 0.689 bits per heavy atom. The summed E-state index contributed by atoms with van der Waals surface area (Å²) in [5.41, 5.74) is 0. The molecule has 0 fully saturated rings. The second-order valence-electron chi connectivity index (χ2n) is 31.4. The minimum Gasteiger partial charge on any atom is -0.462 e. The number of unbranched alkanes of at least 4 members (excludes halogenated alkanes) is 44. The SMILES string of the molecule is CCC(C)CCCCCCCCCCCCCCCCCCCCC(=O)O[C@H](COC(=O)CCCCCCCCCCCCCCCCCCCCC(C)C)COP(=O)(O)OC[C@@H](O)COP(=O)(O)OC[C@@H](COC(=O)CCCCCCCCC(C)CC)OC(=O)CCCCCCCCC(C)CC. The average molecular weight is 1510 g/mol. The Labute approximate surface area is 632 Å². The third-order valence-electron chi connectivity index (χ3n) is 20.7. The van der Waals surface area contributed by atoms with E-state index in [1.54, 1.807) is 0 Å². The van der Waals surface area contributed by atoms with Crippen molar-refractivity contribution < 1.29 is 80.2 Å². The number of carbonyl (C=O) groups is 4. The van der Waals surface area contributed by atoms with Crippen LogP contribution < -0.4 is 0 Å².